The van der Waals surface area contributed by atoms with Crippen LogP contribution in [-0.2, 0) is 0 Å². The Morgan fingerprint density at radius 3 is 2.65 bits per heavy atom. The number of hydrogen-bond donors (Lipinski definition) is 2. The Morgan fingerprint density at radius 2 is 1.88 bits per heavy atom. The van der Waals surface area contributed by atoms with E-state index in [0.717, 1.165) is 17.9 Å². The van der Waals surface area contributed by atoms with E-state index in [2.05, 4.69) is 10.2 Å². The molecule has 17 heavy (non-hydrogen) atoms. The summed E-state index contributed by atoms with van der Waals surface area (Å²) >= 11 is 0. The number of benzene rings is 1. The molecular weight excluding hydrogens is 210 g/mol. The van der Waals surface area contributed by atoms with Crippen LogP contribution >= 0.6 is 0 Å². The fourth-order valence-electron chi connectivity index (χ4n) is 2.37. The van der Waals surface area contributed by atoms with Crippen LogP contribution in [0.2, 0.25) is 0 Å². The molecule has 1 aliphatic rings. The van der Waals surface area contributed by atoms with Crippen LogP contribution in [0, 0.1) is 0 Å². The molecule has 3 nitrogen and oxygen atoms in total. The number of rotatable bonds is 5. The Labute approximate surface area is 104 Å². The third kappa shape index (κ3) is 3.93. The fraction of sp³-hybridized carbons (Fsp3) is 0.571. The molecule has 0 amide bonds. The van der Waals surface area contributed by atoms with Crippen LogP contribution in [0.25, 0.3) is 0 Å². The highest BCUT2D eigenvalue weighted by Crippen LogP contribution is 2.16. The van der Waals surface area contributed by atoms with E-state index >= 15 is 0 Å². The quantitative estimate of drug-likeness (QED) is 0.606. The van der Waals surface area contributed by atoms with E-state index in [1.165, 1.54) is 45.3 Å². The van der Waals surface area contributed by atoms with Gasteiger partial charge in [-0.25, -0.2) is 0 Å². The highest BCUT2D eigenvalue weighted by atomic mass is 15.1. The molecule has 3 heteroatoms. The standard InChI is InChI=1S/C14H23N3/c15-13-7-2-3-8-14(13)16-9-6-12-17-10-4-1-5-11-17/h2-3,7-8,16H,1,4-6,9-12,15H2. The van der Waals surface area contributed by atoms with Crippen molar-refractivity contribution in [2.24, 2.45) is 0 Å². The first-order chi connectivity index (χ1) is 8.36. The van der Waals surface area contributed by atoms with Crippen LogP contribution in [0.4, 0.5) is 11.4 Å². The fourth-order valence-corrected chi connectivity index (χ4v) is 2.37. The molecule has 0 unspecified atom stereocenters. The SMILES string of the molecule is Nc1ccccc1NCCCN1CCCCC1. The molecule has 0 spiro atoms. The highest BCUT2D eigenvalue weighted by Gasteiger charge is 2.08. The number of nitrogen functional groups attached to an aromatic ring is 1. The van der Waals surface area contributed by atoms with Crippen molar-refractivity contribution >= 4 is 11.4 Å². The van der Waals surface area contributed by atoms with Crippen LogP contribution in [0.3, 0.4) is 0 Å². The van der Waals surface area contributed by atoms with Gasteiger partial charge in [-0.15, -0.1) is 0 Å². The molecule has 0 radical (unpaired) electrons. The first-order valence-electron chi connectivity index (χ1n) is 6.67. The van der Waals surface area contributed by atoms with E-state index < -0.39 is 0 Å². The van der Waals surface area contributed by atoms with Crippen molar-refractivity contribution in [1.82, 2.24) is 4.90 Å². The lowest BCUT2D eigenvalue weighted by molar-refractivity contribution is 0.228. The van der Waals surface area contributed by atoms with Crippen molar-refractivity contribution in [2.45, 2.75) is 25.7 Å². The maximum Gasteiger partial charge on any atom is 0.0573 e. The van der Waals surface area contributed by atoms with Gasteiger partial charge in [-0.05, 0) is 51.0 Å². The predicted octanol–water partition coefficient (Wildman–Crippen LogP) is 2.56. The minimum atomic E-state index is 0.838. The van der Waals surface area contributed by atoms with Crippen molar-refractivity contribution in [3.8, 4) is 0 Å². The van der Waals surface area contributed by atoms with Crippen molar-refractivity contribution in [3.63, 3.8) is 0 Å². The van der Waals surface area contributed by atoms with Crippen LogP contribution in [-0.4, -0.2) is 31.1 Å². The molecule has 1 aromatic rings. The normalized spacial score (nSPS) is 16.9. The average molecular weight is 233 g/mol. The number of likely N-dealkylation sites (tertiary alicyclic amines) is 1. The molecular formula is C14H23N3. The zero-order chi connectivity index (χ0) is 11.9. The lowest BCUT2D eigenvalue weighted by Gasteiger charge is -2.26. The van der Waals surface area contributed by atoms with Crippen molar-refractivity contribution in [1.29, 1.82) is 0 Å². The van der Waals surface area contributed by atoms with Crippen LogP contribution in [0.15, 0.2) is 24.3 Å². The molecule has 94 valence electrons. The molecule has 2 rings (SSSR count). The van der Waals surface area contributed by atoms with E-state index in [1.54, 1.807) is 0 Å². The maximum atomic E-state index is 5.87. The lowest BCUT2D eigenvalue weighted by atomic mass is 10.1. The highest BCUT2D eigenvalue weighted by molar-refractivity contribution is 5.65. The number of para-hydroxylation sites is 2. The molecule has 1 aromatic carbocycles. The lowest BCUT2D eigenvalue weighted by Crippen LogP contribution is -2.31. The second kappa shape index (κ2) is 6.50. The molecule has 0 aliphatic carbocycles. The number of nitrogens with zero attached hydrogens (tertiary/aromatic N) is 1. The topological polar surface area (TPSA) is 41.3 Å². The van der Waals surface area contributed by atoms with Crippen LogP contribution in [0.1, 0.15) is 25.7 Å². The van der Waals surface area contributed by atoms with Gasteiger partial charge in [-0.2, -0.15) is 0 Å². The molecule has 0 atom stereocenters. The van der Waals surface area contributed by atoms with Gasteiger partial charge in [0.15, 0.2) is 0 Å². The smallest absolute Gasteiger partial charge is 0.0573 e. The maximum absolute atomic E-state index is 5.87. The van der Waals surface area contributed by atoms with Crippen molar-refractivity contribution in [2.75, 3.05) is 37.2 Å². The van der Waals surface area contributed by atoms with E-state index in [1.807, 2.05) is 24.3 Å². The first kappa shape index (κ1) is 12.2. The summed E-state index contributed by atoms with van der Waals surface area (Å²) < 4.78 is 0. The summed E-state index contributed by atoms with van der Waals surface area (Å²) in [6.45, 7) is 4.78. The van der Waals surface area contributed by atoms with E-state index in [4.69, 9.17) is 5.73 Å². The number of hydrogen-bond acceptors (Lipinski definition) is 3. The van der Waals surface area contributed by atoms with Gasteiger partial charge in [0.05, 0.1) is 11.4 Å². The molecule has 1 aliphatic heterocycles. The second-order valence-electron chi connectivity index (χ2n) is 4.77. The van der Waals surface area contributed by atoms with E-state index in [9.17, 15) is 0 Å². The molecule has 0 bridgehead atoms. The van der Waals surface area contributed by atoms with Gasteiger partial charge in [0.1, 0.15) is 0 Å². The van der Waals surface area contributed by atoms with Crippen LogP contribution < -0.4 is 11.1 Å². The van der Waals surface area contributed by atoms with Gasteiger partial charge in [-0.1, -0.05) is 18.6 Å². The van der Waals surface area contributed by atoms with Gasteiger partial charge in [0, 0.05) is 6.54 Å². The zero-order valence-electron chi connectivity index (χ0n) is 10.5. The van der Waals surface area contributed by atoms with Gasteiger partial charge < -0.3 is 16.0 Å². The molecule has 0 saturated carbocycles. The van der Waals surface area contributed by atoms with Crippen molar-refractivity contribution in [3.05, 3.63) is 24.3 Å². The molecule has 0 aromatic heterocycles. The van der Waals surface area contributed by atoms with E-state index in [0.29, 0.717) is 0 Å². The third-order valence-electron chi connectivity index (χ3n) is 3.38. The summed E-state index contributed by atoms with van der Waals surface area (Å²) in [5, 5.41) is 3.40. The molecule has 1 saturated heterocycles. The summed E-state index contributed by atoms with van der Waals surface area (Å²) in [5.41, 5.74) is 7.77. The minimum Gasteiger partial charge on any atom is -0.397 e. The molecule has 1 fully saturated rings. The monoisotopic (exact) mass is 233 g/mol. The number of piperidine rings is 1. The molecule has 1 heterocycles. The summed E-state index contributed by atoms with van der Waals surface area (Å²) in [7, 11) is 0. The number of nitrogens with two attached hydrogens (primary N) is 1. The average Bonchev–Trinajstić information content (AvgIpc) is 2.38. The van der Waals surface area contributed by atoms with Gasteiger partial charge in [0.2, 0.25) is 0 Å². The Kier molecular flexibility index (Phi) is 4.68. The Morgan fingerprint density at radius 1 is 1.12 bits per heavy atom. The van der Waals surface area contributed by atoms with Gasteiger partial charge in [-0.3, -0.25) is 0 Å². The predicted molar refractivity (Wildman–Crippen MR) is 74.3 cm³/mol. The summed E-state index contributed by atoms with van der Waals surface area (Å²) in [6.07, 6.45) is 5.35. The number of nitrogens with one attached hydrogen (secondary N) is 1. The summed E-state index contributed by atoms with van der Waals surface area (Å²) in [6, 6.07) is 7.96. The largest absolute Gasteiger partial charge is 0.397 e. The van der Waals surface area contributed by atoms with Gasteiger partial charge in [0.25, 0.3) is 0 Å². The first-order valence-corrected chi connectivity index (χ1v) is 6.67. The van der Waals surface area contributed by atoms with E-state index in [-0.39, 0.29) is 0 Å². The third-order valence-corrected chi connectivity index (χ3v) is 3.38. The Hall–Kier alpha value is -1.22. The summed E-state index contributed by atoms with van der Waals surface area (Å²) in [4.78, 5) is 2.57. The molecule has 3 N–H and O–H groups in total. The second-order valence-corrected chi connectivity index (χ2v) is 4.77. The van der Waals surface area contributed by atoms with Crippen molar-refractivity contribution < 1.29 is 0 Å². The Bertz CT molecular complexity index is 332. The van der Waals surface area contributed by atoms with Gasteiger partial charge >= 0.3 is 0 Å². The van der Waals surface area contributed by atoms with Crippen LogP contribution in [0.5, 0.6) is 0 Å². The minimum absolute atomic E-state index is 0.838. The Balaban J connectivity index is 1.64. The zero-order valence-corrected chi connectivity index (χ0v) is 10.5. The summed E-state index contributed by atoms with van der Waals surface area (Å²) in [5.74, 6) is 0. The number of anilines is 2.